The summed E-state index contributed by atoms with van der Waals surface area (Å²) in [5, 5.41) is 0.580. The van der Waals surface area contributed by atoms with Gasteiger partial charge in [0.2, 0.25) is 5.88 Å². The Morgan fingerprint density at radius 3 is 2.70 bits per heavy atom. The van der Waals surface area contributed by atoms with Crippen LogP contribution in [0.1, 0.15) is 0 Å². The molecule has 0 saturated carbocycles. The van der Waals surface area contributed by atoms with Crippen molar-refractivity contribution < 1.29 is 23.3 Å². The quantitative estimate of drug-likeness (QED) is 0.590. The first-order valence-electron chi connectivity index (χ1n) is 9.62. The number of hydrogen-bond acceptors (Lipinski definition) is 8. The predicted octanol–water partition coefficient (Wildman–Crippen LogP) is 2.86. The summed E-state index contributed by atoms with van der Waals surface area (Å²) in [4.78, 5) is 10.7. The van der Waals surface area contributed by atoms with Crippen molar-refractivity contribution in [1.82, 2.24) is 14.9 Å². The third kappa shape index (κ3) is 4.52. The number of aromatic nitrogens is 2. The maximum Gasteiger partial charge on any atom is 0.230 e. The molecule has 0 aliphatic carbocycles. The molecule has 4 rings (SSSR count). The molecule has 1 aromatic heterocycles. The van der Waals surface area contributed by atoms with Crippen LogP contribution in [0.15, 0.2) is 36.7 Å². The molecule has 2 N–H and O–H groups in total. The minimum Gasteiger partial charge on any atom is -0.493 e. The van der Waals surface area contributed by atoms with Crippen molar-refractivity contribution in [3.8, 4) is 23.1 Å². The second-order valence-corrected chi connectivity index (χ2v) is 6.79. The number of anilines is 1. The van der Waals surface area contributed by atoms with E-state index < -0.39 is 5.82 Å². The third-order valence-electron chi connectivity index (χ3n) is 4.82. The Morgan fingerprint density at radius 2 is 1.93 bits per heavy atom. The highest BCUT2D eigenvalue weighted by molar-refractivity contribution is 5.87. The fourth-order valence-electron chi connectivity index (χ4n) is 3.21. The molecule has 1 aliphatic rings. The molecule has 0 amide bonds. The Morgan fingerprint density at radius 1 is 1.10 bits per heavy atom. The Balaban J connectivity index is 1.58. The SMILES string of the molecule is COc1cc2ncnc(Oc3ccc(N)cc3F)c2cc1OCCN1CCOCC1. The van der Waals surface area contributed by atoms with Gasteiger partial charge in [-0.3, -0.25) is 4.90 Å². The zero-order valence-electron chi connectivity index (χ0n) is 16.6. The summed E-state index contributed by atoms with van der Waals surface area (Å²) in [5.74, 6) is 0.750. The lowest BCUT2D eigenvalue weighted by atomic mass is 10.2. The topological polar surface area (TPSA) is 92.0 Å². The van der Waals surface area contributed by atoms with Gasteiger partial charge in [-0.25, -0.2) is 14.4 Å². The lowest BCUT2D eigenvalue weighted by Gasteiger charge is -2.26. The van der Waals surface area contributed by atoms with E-state index in [2.05, 4.69) is 14.9 Å². The molecule has 1 aliphatic heterocycles. The molecule has 30 heavy (non-hydrogen) atoms. The molecule has 0 atom stereocenters. The molecule has 8 nitrogen and oxygen atoms in total. The maximum atomic E-state index is 14.2. The normalized spacial score (nSPS) is 14.6. The summed E-state index contributed by atoms with van der Waals surface area (Å²) in [7, 11) is 1.57. The Hall–Kier alpha value is -3.17. The molecule has 9 heteroatoms. The van der Waals surface area contributed by atoms with Gasteiger partial charge >= 0.3 is 0 Å². The van der Waals surface area contributed by atoms with Crippen LogP contribution in [0.3, 0.4) is 0 Å². The summed E-state index contributed by atoms with van der Waals surface area (Å²) in [6, 6.07) is 7.71. The number of hydrogen-bond donors (Lipinski definition) is 1. The number of benzene rings is 2. The fraction of sp³-hybridized carbons (Fsp3) is 0.333. The molecule has 1 saturated heterocycles. The van der Waals surface area contributed by atoms with E-state index in [9.17, 15) is 4.39 Å². The molecular weight excluding hydrogens is 391 g/mol. The molecule has 0 unspecified atom stereocenters. The van der Waals surface area contributed by atoms with Gasteiger partial charge in [-0.2, -0.15) is 0 Å². The first kappa shape index (κ1) is 20.1. The molecule has 2 aromatic carbocycles. The molecule has 1 fully saturated rings. The third-order valence-corrected chi connectivity index (χ3v) is 4.82. The lowest BCUT2D eigenvalue weighted by molar-refractivity contribution is 0.0321. The van der Waals surface area contributed by atoms with Gasteiger partial charge in [-0.15, -0.1) is 0 Å². The van der Waals surface area contributed by atoms with Gasteiger partial charge < -0.3 is 24.7 Å². The van der Waals surface area contributed by atoms with Gasteiger partial charge in [0.15, 0.2) is 23.1 Å². The van der Waals surface area contributed by atoms with Crippen molar-refractivity contribution in [2.24, 2.45) is 0 Å². The van der Waals surface area contributed by atoms with Crippen LogP contribution in [-0.2, 0) is 4.74 Å². The summed E-state index contributed by atoms with van der Waals surface area (Å²) in [6.45, 7) is 4.50. The smallest absolute Gasteiger partial charge is 0.230 e. The zero-order valence-corrected chi connectivity index (χ0v) is 16.6. The van der Waals surface area contributed by atoms with Crippen molar-refractivity contribution in [2.75, 3.05) is 52.3 Å². The van der Waals surface area contributed by atoms with Gasteiger partial charge in [-0.05, 0) is 18.2 Å². The number of fused-ring (bicyclic) bond motifs is 1. The summed E-state index contributed by atoms with van der Waals surface area (Å²) < 4.78 is 36.7. The molecular formula is C21H23FN4O4. The second kappa shape index (κ2) is 9.10. The summed E-state index contributed by atoms with van der Waals surface area (Å²) in [5.41, 5.74) is 6.51. The van der Waals surface area contributed by atoms with Crippen molar-refractivity contribution in [2.45, 2.75) is 0 Å². The second-order valence-electron chi connectivity index (χ2n) is 6.79. The molecule has 0 spiro atoms. The van der Waals surface area contributed by atoms with Crippen LogP contribution in [0.25, 0.3) is 10.9 Å². The number of halogens is 1. The van der Waals surface area contributed by atoms with E-state index in [1.165, 1.54) is 18.5 Å². The van der Waals surface area contributed by atoms with Crippen molar-refractivity contribution in [3.63, 3.8) is 0 Å². The average Bonchev–Trinajstić information content (AvgIpc) is 2.76. The number of nitrogens with zero attached hydrogens (tertiary/aromatic N) is 3. The first-order chi connectivity index (χ1) is 14.6. The van der Waals surface area contributed by atoms with Crippen molar-refractivity contribution >= 4 is 16.6 Å². The summed E-state index contributed by atoms with van der Waals surface area (Å²) in [6.07, 6.45) is 1.35. The number of nitrogen functional groups attached to an aromatic ring is 1. The van der Waals surface area contributed by atoms with E-state index in [-0.39, 0.29) is 11.6 Å². The van der Waals surface area contributed by atoms with Crippen LogP contribution in [-0.4, -0.2) is 61.4 Å². The highest BCUT2D eigenvalue weighted by atomic mass is 19.1. The summed E-state index contributed by atoms with van der Waals surface area (Å²) >= 11 is 0. The Bertz CT molecular complexity index is 1030. The standard InChI is InChI=1S/C21H23FN4O4/c1-27-19-12-17-15(11-20(19)29-9-6-26-4-7-28-8-5-26)21(25-13-24-17)30-18-3-2-14(23)10-16(18)22/h2-3,10-13H,4-9,23H2,1H3. The molecule has 0 bridgehead atoms. The number of morpholine rings is 1. The number of methoxy groups -OCH3 is 1. The van der Waals surface area contributed by atoms with Crippen LogP contribution >= 0.6 is 0 Å². The van der Waals surface area contributed by atoms with Crippen LogP contribution in [0.4, 0.5) is 10.1 Å². The van der Waals surface area contributed by atoms with Gasteiger partial charge in [-0.1, -0.05) is 0 Å². The Labute approximate surface area is 173 Å². The first-order valence-corrected chi connectivity index (χ1v) is 9.62. The monoisotopic (exact) mass is 414 g/mol. The minimum atomic E-state index is -0.572. The molecule has 0 radical (unpaired) electrons. The number of ether oxygens (including phenoxy) is 4. The zero-order chi connectivity index (χ0) is 20.9. The van der Waals surface area contributed by atoms with Crippen LogP contribution in [0, 0.1) is 5.82 Å². The molecule has 3 aromatic rings. The highest BCUT2D eigenvalue weighted by Crippen LogP contribution is 2.36. The van der Waals surface area contributed by atoms with Gasteiger partial charge in [0.1, 0.15) is 12.9 Å². The van der Waals surface area contributed by atoms with Crippen LogP contribution < -0.4 is 19.9 Å². The maximum absolute atomic E-state index is 14.2. The van der Waals surface area contributed by atoms with E-state index in [1.54, 1.807) is 25.3 Å². The molecule has 2 heterocycles. The highest BCUT2D eigenvalue weighted by Gasteiger charge is 2.16. The largest absolute Gasteiger partial charge is 0.493 e. The van der Waals surface area contributed by atoms with Gasteiger partial charge in [0.25, 0.3) is 0 Å². The van der Waals surface area contributed by atoms with Crippen LogP contribution in [0.2, 0.25) is 0 Å². The predicted molar refractivity (Wildman–Crippen MR) is 110 cm³/mol. The minimum absolute atomic E-state index is 0.0230. The van der Waals surface area contributed by atoms with Gasteiger partial charge in [0, 0.05) is 37.5 Å². The van der Waals surface area contributed by atoms with Crippen molar-refractivity contribution in [1.29, 1.82) is 0 Å². The fourth-order valence-corrected chi connectivity index (χ4v) is 3.21. The van der Waals surface area contributed by atoms with E-state index in [0.717, 1.165) is 32.8 Å². The van der Waals surface area contributed by atoms with E-state index >= 15 is 0 Å². The van der Waals surface area contributed by atoms with E-state index in [4.69, 9.17) is 24.7 Å². The van der Waals surface area contributed by atoms with Gasteiger partial charge in [0.05, 0.1) is 31.2 Å². The number of nitrogens with two attached hydrogens (primary N) is 1. The van der Waals surface area contributed by atoms with E-state index in [0.29, 0.717) is 34.7 Å². The lowest BCUT2D eigenvalue weighted by Crippen LogP contribution is -2.38. The Kier molecular flexibility index (Phi) is 6.10. The van der Waals surface area contributed by atoms with Crippen LogP contribution in [0.5, 0.6) is 23.1 Å². The molecule has 158 valence electrons. The number of rotatable bonds is 7. The van der Waals surface area contributed by atoms with E-state index in [1.807, 2.05) is 0 Å². The van der Waals surface area contributed by atoms with Crippen molar-refractivity contribution in [3.05, 3.63) is 42.5 Å². The average molecular weight is 414 g/mol.